The topological polar surface area (TPSA) is 51.4 Å². The average molecular weight is 273 g/mol. The van der Waals surface area contributed by atoms with E-state index in [0.717, 1.165) is 23.7 Å². The molecule has 1 fully saturated rings. The van der Waals surface area contributed by atoms with Crippen molar-refractivity contribution in [3.05, 3.63) is 30.1 Å². The van der Waals surface area contributed by atoms with Crippen LogP contribution in [0.1, 0.15) is 24.6 Å². The maximum Gasteiger partial charge on any atom is 0.261 e. The van der Waals surface area contributed by atoms with E-state index in [1.54, 1.807) is 0 Å². The van der Waals surface area contributed by atoms with E-state index < -0.39 is 0 Å². The van der Waals surface area contributed by atoms with Crippen molar-refractivity contribution >= 4 is 0 Å². The van der Waals surface area contributed by atoms with Gasteiger partial charge < -0.3 is 14.2 Å². The molecule has 0 amide bonds. The third-order valence-electron chi connectivity index (χ3n) is 3.30. The zero-order chi connectivity index (χ0) is 13.9. The fraction of sp³-hybridized carbons (Fsp3) is 0.467. The molecular formula is C15H19N3O2. The van der Waals surface area contributed by atoms with Gasteiger partial charge in [0.25, 0.3) is 5.89 Å². The molecule has 5 heteroatoms. The van der Waals surface area contributed by atoms with Gasteiger partial charge in [0.1, 0.15) is 12.4 Å². The highest BCUT2D eigenvalue weighted by Gasteiger charge is 2.29. The van der Waals surface area contributed by atoms with Gasteiger partial charge in [-0.3, -0.25) is 0 Å². The first-order valence-corrected chi connectivity index (χ1v) is 6.94. The summed E-state index contributed by atoms with van der Waals surface area (Å²) in [5.41, 5.74) is 0.866. The first kappa shape index (κ1) is 13.1. The molecule has 1 aliphatic rings. The lowest BCUT2D eigenvalue weighted by molar-refractivity contribution is 0.261. The smallest absolute Gasteiger partial charge is 0.261 e. The number of benzene rings is 1. The molecule has 1 aromatic carbocycles. The molecular weight excluding hydrogens is 254 g/mol. The van der Waals surface area contributed by atoms with Crippen molar-refractivity contribution in [3.8, 4) is 17.2 Å². The molecule has 0 spiro atoms. The molecule has 1 heterocycles. The Morgan fingerprint density at radius 3 is 2.85 bits per heavy atom. The second-order valence-electron chi connectivity index (χ2n) is 5.38. The maximum atomic E-state index is 5.82. The molecule has 0 radical (unpaired) electrons. The molecule has 1 aromatic heterocycles. The summed E-state index contributed by atoms with van der Waals surface area (Å²) in [4.78, 5) is 6.56. The van der Waals surface area contributed by atoms with E-state index in [4.69, 9.17) is 9.26 Å². The molecule has 0 unspecified atom stereocenters. The quantitative estimate of drug-likeness (QED) is 0.809. The Morgan fingerprint density at radius 2 is 2.10 bits per heavy atom. The lowest BCUT2D eigenvalue weighted by Gasteiger charge is -2.12. The van der Waals surface area contributed by atoms with Crippen LogP contribution in [-0.4, -0.2) is 42.3 Å². The molecule has 0 bridgehead atoms. The summed E-state index contributed by atoms with van der Waals surface area (Å²) in [6.45, 7) is 1.50. The molecule has 0 atom stereocenters. The molecule has 1 saturated carbocycles. The van der Waals surface area contributed by atoms with Gasteiger partial charge in [-0.25, -0.2) is 0 Å². The Kier molecular flexibility index (Phi) is 3.69. The number of ether oxygens (including phenoxy) is 1. The molecule has 106 valence electrons. The van der Waals surface area contributed by atoms with Crippen LogP contribution in [0, 0.1) is 0 Å². The van der Waals surface area contributed by atoms with Gasteiger partial charge >= 0.3 is 0 Å². The molecule has 20 heavy (non-hydrogen) atoms. The summed E-state index contributed by atoms with van der Waals surface area (Å²) < 4.78 is 11.2. The predicted octanol–water partition coefficient (Wildman–Crippen LogP) is 2.55. The van der Waals surface area contributed by atoms with Gasteiger partial charge in [-0.15, -0.1) is 0 Å². The molecule has 0 N–H and O–H groups in total. The minimum Gasteiger partial charge on any atom is -0.491 e. The van der Waals surface area contributed by atoms with E-state index >= 15 is 0 Å². The van der Waals surface area contributed by atoms with Crippen LogP contribution in [0.3, 0.4) is 0 Å². The van der Waals surface area contributed by atoms with Crippen molar-refractivity contribution in [2.24, 2.45) is 0 Å². The third kappa shape index (κ3) is 2.99. The summed E-state index contributed by atoms with van der Waals surface area (Å²) in [7, 11) is 4.05. The highest BCUT2D eigenvalue weighted by atomic mass is 16.5. The zero-order valence-corrected chi connectivity index (χ0v) is 11.9. The highest BCUT2D eigenvalue weighted by Crippen LogP contribution is 2.39. The van der Waals surface area contributed by atoms with Gasteiger partial charge in [0.15, 0.2) is 5.82 Å². The van der Waals surface area contributed by atoms with Crippen molar-refractivity contribution in [3.63, 3.8) is 0 Å². The molecule has 3 rings (SSSR count). The van der Waals surface area contributed by atoms with E-state index in [0.29, 0.717) is 18.4 Å². The van der Waals surface area contributed by atoms with Crippen molar-refractivity contribution in [2.45, 2.75) is 18.8 Å². The molecule has 2 aromatic rings. The summed E-state index contributed by atoms with van der Waals surface area (Å²) in [6.07, 6.45) is 2.33. The van der Waals surface area contributed by atoms with Crippen LogP contribution in [0.25, 0.3) is 11.5 Å². The van der Waals surface area contributed by atoms with Crippen LogP contribution in [0.4, 0.5) is 0 Å². The van der Waals surface area contributed by atoms with Gasteiger partial charge in [0.05, 0.1) is 5.56 Å². The van der Waals surface area contributed by atoms with Crippen LogP contribution >= 0.6 is 0 Å². The highest BCUT2D eigenvalue weighted by molar-refractivity contribution is 5.62. The maximum absolute atomic E-state index is 5.82. The zero-order valence-electron chi connectivity index (χ0n) is 11.9. The van der Waals surface area contributed by atoms with Gasteiger partial charge in [-0.05, 0) is 39.1 Å². The van der Waals surface area contributed by atoms with E-state index in [2.05, 4.69) is 15.0 Å². The van der Waals surface area contributed by atoms with Crippen molar-refractivity contribution in [1.82, 2.24) is 15.0 Å². The van der Waals surface area contributed by atoms with Crippen molar-refractivity contribution in [1.29, 1.82) is 0 Å². The molecule has 0 saturated heterocycles. The first-order valence-electron chi connectivity index (χ1n) is 6.94. The number of para-hydroxylation sites is 1. The standard InChI is InChI=1S/C15H19N3O2/c1-18(2)9-10-19-13-6-4-3-5-12(13)15-16-14(17-20-15)11-7-8-11/h3-6,11H,7-10H2,1-2H3. The van der Waals surface area contributed by atoms with Crippen LogP contribution in [0.15, 0.2) is 28.8 Å². The fourth-order valence-electron chi connectivity index (χ4n) is 1.96. The number of aromatic nitrogens is 2. The normalized spacial score (nSPS) is 14.8. The van der Waals surface area contributed by atoms with Crippen molar-refractivity contribution in [2.75, 3.05) is 27.2 Å². The van der Waals surface area contributed by atoms with Crippen molar-refractivity contribution < 1.29 is 9.26 Å². The minimum absolute atomic E-state index is 0.495. The molecule has 1 aliphatic carbocycles. The molecule has 0 aliphatic heterocycles. The van der Waals surface area contributed by atoms with Crippen LogP contribution in [0.2, 0.25) is 0 Å². The number of hydrogen-bond acceptors (Lipinski definition) is 5. The van der Waals surface area contributed by atoms with Gasteiger partial charge in [0, 0.05) is 12.5 Å². The Bertz CT molecular complexity index is 576. The molecule has 5 nitrogen and oxygen atoms in total. The van der Waals surface area contributed by atoms with E-state index in [-0.39, 0.29) is 0 Å². The fourth-order valence-corrected chi connectivity index (χ4v) is 1.96. The summed E-state index contributed by atoms with van der Waals surface area (Å²) in [6, 6.07) is 7.79. The Labute approximate surface area is 118 Å². The van der Waals surface area contributed by atoms with Crippen LogP contribution in [0.5, 0.6) is 5.75 Å². The van der Waals surface area contributed by atoms with E-state index in [9.17, 15) is 0 Å². The summed E-state index contributed by atoms with van der Waals surface area (Å²) in [5.74, 6) is 2.66. The average Bonchev–Trinajstić information content (AvgIpc) is 3.17. The van der Waals surface area contributed by atoms with E-state index in [1.807, 2.05) is 38.4 Å². The number of likely N-dealkylation sites (N-methyl/N-ethyl adjacent to an activating group) is 1. The van der Waals surface area contributed by atoms with Gasteiger partial charge in [0.2, 0.25) is 0 Å². The Hall–Kier alpha value is -1.88. The van der Waals surface area contributed by atoms with Gasteiger partial charge in [-0.2, -0.15) is 4.98 Å². The van der Waals surface area contributed by atoms with E-state index in [1.165, 1.54) is 12.8 Å². The number of hydrogen-bond donors (Lipinski definition) is 0. The number of nitrogens with zero attached hydrogens (tertiary/aromatic N) is 3. The lowest BCUT2D eigenvalue weighted by Crippen LogP contribution is -2.19. The number of rotatable bonds is 6. The van der Waals surface area contributed by atoms with Crippen LogP contribution in [-0.2, 0) is 0 Å². The van der Waals surface area contributed by atoms with Crippen LogP contribution < -0.4 is 4.74 Å². The largest absolute Gasteiger partial charge is 0.491 e. The lowest BCUT2D eigenvalue weighted by atomic mass is 10.2. The SMILES string of the molecule is CN(C)CCOc1ccccc1-c1nc(C2CC2)no1. The Morgan fingerprint density at radius 1 is 1.30 bits per heavy atom. The third-order valence-corrected chi connectivity index (χ3v) is 3.30. The second kappa shape index (κ2) is 5.63. The summed E-state index contributed by atoms with van der Waals surface area (Å²) in [5, 5.41) is 4.05. The Balaban J connectivity index is 1.77. The summed E-state index contributed by atoms with van der Waals surface area (Å²) >= 11 is 0. The monoisotopic (exact) mass is 273 g/mol. The predicted molar refractivity (Wildman–Crippen MR) is 75.8 cm³/mol. The first-order chi connectivity index (χ1) is 9.74. The minimum atomic E-state index is 0.495. The van der Waals surface area contributed by atoms with Gasteiger partial charge in [-0.1, -0.05) is 17.3 Å². The second-order valence-corrected chi connectivity index (χ2v) is 5.38.